The summed E-state index contributed by atoms with van der Waals surface area (Å²) < 4.78 is 31.8. The average molecular weight is 395 g/mol. The van der Waals surface area contributed by atoms with Crippen molar-refractivity contribution in [3.63, 3.8) is 0 Å². The Kier molecular flexibility index (Phi) is 5.21. The number of benzene rings is 2. The van der Waals surface area contributed by atoms with Gasteiger partial charge < -0.3 is 5.32 Å². The van der Waals surface area contributed by atoms with Gasteiger partial charge in [-0.25, -0.2) is 17.8 Å². The first-order valence-corrected chi connectivity index (χ1v) is 9.50. The lowest BCUT2D eigenvalue weighted by molar-refractivity contribution is -0.116. The molecule has 2 N–H and O–H groups in total. The number of rotatable bonds is 6. The monoisotopic (exact) mass is 394 g/mol. The molecule has 3 rings (SSSR count). The molecule has 0 bridgehead atoms. The van der Waals surface area contributed by atoms with Gasteiger partial charge in [0, 0.05) is 23.7 Å². The van der Waals surface area contributed by atoms with Gasteiger partial charge in [0.05, 0.1) is 0 Å². The molecule has 3 aromatic rings. The second-order valence-electron chi connectivity index (χ2n) is 5.50. The van der Waals surface area contributed by atoms with Crippen LogP contribution < -0.4 is 10.0 Å². The molecule has 0 unspecified atom stereocenters. The van der Waals surface area contributed by atoms with Crippen molar-refractivity contribution in [2.24, 2.45) is 0 Å². The maximum atomic E-state index is 12.4. The van der Waals surface area contributed by atoms with Crippen LogP contribution in [0, 0.1) is 6.92 Å². The van der Waals surface area contributed by atoms with Crippen molar-refractivity contribution in [2.45, 2.75) is 18.2 Å². The Balaban J connectivity index is 1.63. The standard InChI is InChI=1S/C16H15ClN4O4S/c1-10-11(17)4-2-5-12(10)19-15(22)8-9-18-26(23,24)14-7-3-6-13-16(14)21-25-20-13/h2-7,18H,8-9H2,1H3,(H,19,22). The van der Waals surface area contributed by atoms with Crippen molar-refractivity contribution >= 4 is 44.3 Å². The number of nitrogens with zero attached hydrogens (tertiary/aromatic N) is 2. The number of fused-ring (bicyclic) bond motifs is 1. The fourth-order valence-electron chi connectivity index (χ4n) is 2.33. The summed E-state index contributed by atoms with van der Waals surface area (Å²) in [6, 6.07) is 9.69. The maximum Gasteiger partial charge on any atom is 0.242 e. The molecular formula is C16H15ClN4O4S. The van der Waals surface area contributed by atoms with Gasteiger partial charge >= 0.3 is 0 Å². The van der Waals surface area contributed by atoms with E-state index in [0.717, 1.165) is 5.56 Å². The Morgan fingerprint density at radius 1 is 1.19 bits per heavy atom. The number of sulfonamides is 1. The number of halogens is 1. The lowest BCUT2D eigenvalue weighted by Gasteiger charge is -2.10. The fourth-order valence-corrected chi connectivity index (χ4v) is 3.69. The highest BCUT2D eigenvalue weighted by molar-refractivity contribution is 7.89. The molecule has 2 aromatic carbocycles. The highest BCUT2D eigenvalue weighted by atomic mass is 35.5. The van der Waals surface area contributed by atoms with Crippen molar-refractivity contribution in [2.75, 3.05) is 11.9 Å². The van der Waals surface area contributed by atoms with Crippen molar-refractivity contribution in [3.8, 4) is 0 Å². The van der Waals surface area contributed by atoms with E-state index in [1.54, 1.807) is 31.2 Å². The van der Waals surface area contributed by atoms with Crippen LogP contribution in [0.4, 0.5) is 5.69 Å². The predicted octanol–water partition coefficient (Wildman–Crippen LogP) is 2.49. The molecule has 0 saturated heterocycles. The lowest BCUT2D eigenvalue weighted by atomic mass is 10.2. The summed E-state index contributed by atoms with van der Waals surface area (Å²) in [7, 11) is -3.85. The van der Waals surface area contributed by atoms with Gasteiger partial charge in [0.1, 0.15) is 10.4 Å². The molecule has 10 heteroatoms. The van der Waals surface area contributed by atoms with Gasteiger partial charge in [-0.1, -0.05) is 23.7 Å². The molecule has 1 heterocycles. The van der Waals surface area contributed by atoms with E-state index in [4.69, 9.17) is 11.6 Å². The van der Waals surface area contributed by atoms with Gasteiger partial charge in [0.25, 0.3) is 0 Å². The van der Waals surface area contributed by atoms with E-state index < -0.39 is 10.0 Å². The van der Waals surface area contributed by atoms with Gasteiger partial charge in [-0.15, -0.1) is 0 Å². The number of nitrogens with one attached hydrogen (secondary N) is 2. The maximum absolute atomic E-state index is 12.4. The average Bonchev–Trinajstić information content (AvgIpc) is 3.07. The molecule has 26 heavy (non-hydrogen) atoms. The molecule has 0 spiro atoms. The molecule has 0 atom stereocenters. The number of aromatic nitrogens is 2. The molecule has 8 nitrogen and oxygen atoms in total. The summed E-state index contributed by atoms with van der Waals surface area (Å²) in [5.74, 6) is -0.334. The lowest BCUT2D eigenvalue weighted by Crippen LogP contribution is -2.28. The zero-order chi connectivity index (χ0) is 18.7. The van der Waals surface area contributed by atoms with Crippen LogP contribution in [0.1, 0.15) is 12.0 Å². The molecule has 0 aliphatic rings. The molecule has 0 aliphatic carbocycles. The Hall–Kier alpha value is -2.49. The first-order valence-electron chi connectivity index (χ1n) is 7.64. The Bertz CT molecular complexity index is 1070. The predicted molar refractivity (Wildman–Crippen MR) is 96.4 cm³/mol. The molecule has 0 radical (unpaired) electrons. The molecule has 1 amide bonds. The van der Waals surface area contributed by atoms with Crippen molar-refractivity contribution in [3.05, 3.63) is 47.0 Å². The van der Waals surface area contributed by atoms with E-state index in [1.165, 1.54) is 12.1 Å². The van der Waals surface area contributed by atoms with E-state index in [0.29, 0.717) is 16.2 Å². The SMILES string of the molecule is Cc1c(Cl)cccc1NC(=O)CCNS(=O)(=O)c1cccc2nonc12. The third-order valence-electron chi connectivity index (χ3n) is 3.72. The second kappa shape index (κ2) is 7.40. The first-order chi connectivity index (χ1) is 12.4. The third-order valence-corrected chi connectivity index (χ3v) is 5.63. The van der Waals surface area contributed by atoms with E-state index in [2.05, 4.69) is 25.0 Å². The van der Waals surface area contributed by atoms with Crippen molar-refractivity contribution in [1.82, 2.24) is 15.0 Å². The largest absolute Gasteiger partial charge is 0.326 e. The summed E-state index contributed by atoms with van der Waals surface area (Å²) in [5.41, 5.74) is 1.80. The van der Waals surface area contributed by atoms with Crippen molar-refractivity contribution < 1.29 is 17.8 Å². The van der Waals surface area contributed by atoms with Crippen LogP contribution >= 0.6 is 11.6 Å². The van der Waals surface area contributed by atoms with Crippen LogP contribution in [0.3, 0.4) is 0 Å². The van der Waals surface area contributed by atoms with Gasteiger partial charge in [0.2, 0.25) is 15.9 Å². The summed E-state index contributed by atoms with van der Waals surface area (Å²) in [6.07, 6.45) is -0.0434. The van der Waals surface area contributed by atoms with Crippen LogP contribution in [-0.2, 0) is 14.8 Å². The van der Waals surface area contributed by atoms with Crippen LogP contribution in [0.15, 0.2) is 45.9 Å². The summed E-state index contributed by atoms with van der Waals surface area (Å²) in [5, 5.41) is 10.5. The fraction of sp³-hybridized carbons (Fsp3) is 0.188. The summed E-state index contributed by atoms with van der Waals surface area (Å²) >= 11 is 6.01. The quantitative estimate of drug-likeness (QED) is 0.663. The number of hydrogen-bond acceptors (Lipinski definition) is 6. The topological polar surface area (TPSA) is 114 Å². The number of amides is 1. The zero-order valence-electron chi connectivity index (χ0n) is 13.7. The number of hydrogen-bond donors (Lipinski definition) is 2. The molecule has 0 fully saturated rings. The third kappa shape index (κ3) is 3.85. The Labute approximate surface area is 154 Å². The van der Waals surface area contributed by atoms with E-state index in [1.807, 2.05) is 0 Å². The Morgan fingerprint density at radius 2 is 1.96 bits per heavy atom. The number of carbonyl (C=O) groups excluding carboxylic acids is 1. The van der Waals surface area contributed by atoms with Crippen LogP contribution in [0.5, 0.6) is 0 Å². The van der Waals surface area contributed by atoms with Crippen molar-refractivity contribution in [1.29, 1.82) is 0 Å². The van der Waals surface area contributed by atoms with Crippen LogP contribution in [0.25, 0.3) is 11.0 Å². The molecule has 0 aliphatic heterocycles. The van der Waals surface area contributed by atoms with E-state index in [9.17, 15) is 13.2 Å². The molecular weight excluding hydrogens is 380 g/mol. The van der Waals surface area contributed by atoms with Gasteiger partial charge in [-0.3, -0.25) is 4.79 Å². The first kappa shape index (κ1) is 18.3. The highest BCUT2D eigenvalue weighted by Gasteiger charge is 2.20. The Morgan fingerprint density at radius 3 is 2.77 bits per heavy atom. The van der Waals surface area contributed by atoms with Crippen LogP contribution in [0.2, 0.25) is 5.02 Å². The smallest absolute Gasteiger partial charge is 0.242 e. The second-order valence-corrected chi connectivity index (χ2v) is 7.64. The highest BCUT2D eigenvalue weighted by Crippen LogP contribution is 2.23. The molecule has 1 aromatic heterocycles. The van der Waals surface area contributed by atoms with Crippen LogP contribution in [-0.4, -0.2) is 31.2 Å². The minimum Gasteiger partial charge on any atom is -0.326 e. The van der Waals surface area contributed by atoms with Gasteiger partial charge in [-0.05, 0) is 47.1 Å². The zero-order valence-corrected chi connectivity index (χ0v) is 15.3. The van der Waals surface area contributed by atoms with E-state index >= 15 is 0 Å². The normalized spacial score (nSPS) is 11.6. The number of carbonyl (C=O) groups is 1. The minimum atomic E-state index is -3.85. The van der Waals surface area contributed by atoms with E-state index in [-0.39, 0.29) is 29.3 Å². The van der Waals surface area contributed by atoms with Gasteiger partial charge in [0.15, 0.2) is 5.52 Å². The summed E-state index contributed by atoms with van der Waals surface area (Å²) in [6.45, 7) is 1.71. The van der Waals surface area contributed by atoms with Gasteiger partial charge in [-0.2, -0.15) is 0 Å². The summed E-state index contributed by atoms with van der Waals surface area (Å²) in [4.78, 5) is 12.0. The number of anilines is 1. The molecule has 136 valence electrons. The minimum absolute atomic E-state index is 0.0434. The molecule has 0 saturated carbocycles.